The summed E-state index contributed by atoms with van der Waals surface area (Å²) < 4.78 is 29.3. The number of halogens is 1. The van der Waals surface area contributed by atoms with E-state index >= 15 is 0 Å². The number of fused-ring (bicyclic) bond motifs is 1. The van der Waals surface area contributed by atoms with Gasteiger partial charge in [-0.1, -0.05) is 35.9 Å². The second-order valence-electron chi connectivity index (χ2n) is 8.03. The molecule has 1 heterocycles. The van der Waals surface area contributed by atoms with E-state index in [-0.39, 0.29) is 21.3 Å². The van der Waals surface area contributed by atoms with Gasteiger partial charge in [0.1, 0.15) is 10.8 Å². The highest BCUT2D eigenvalue weighted by Crippen LogP contribution is 2.31. The minimum Gasteiger partial charge on any atom is -0.268 e. The molecule has 1 atom stereocenters. The Balaban J connectivity index is 1.90. The second kappa shape index (κ2) is 9.21. The quantitative estimate of drug-likeness (QED) is 0.274. The van der Waals surface area contributed by atoms with Crippen molar-refractivity contribution < 1.29 is 13.3 Å². The molecule has 0 aliphatic rings. The molecule has 0 spiro atoms. The van der Waals surface area contributed by atoms with Gasteiger partial charge >= 0.3 is 0 Å². The van der Waals surface area contributed by atoms with Crippen molar-refractivity contribution in [3.05, 3.63) is 104 Å². The highest BCUT2D eigenvalue weighted by atomic mass is 35.5. The number of para-hydroxylation sites is 1. The van der Waals surface area contributed by atoms with E-state index in [0.717, 1.165) is 15.9 Å². The van der Waals surface area contributed by atoms with Crippen LogP contribution in [0.15, 0.2) is 76.4 Å². The van der Waals surface area contributed by atoms with Gasteiger partial charge < -0.3 is 0 Å². The zero-order chi connectivity index (χ0) is 25.5. The van der Waals surface area contributed by atoms with Crippen LogP contribution in [0.3, 0.4) is 0 Å². The van der Waals surface area contributed by atoms with Crippen molar-refractivity contribution in [1.82, 2.24) is 13.9 Å². The molecule has 0 aliphatic heterocycles. The average Bonchev–Trinajstić information content (AvgIpc) is 2.83. The number of benzene rings is 3. The normalized spacial score (nSPS) is 12.7. The first-order chi connectivity index (χ1) is 16.5. The van der Waals surface area contributed by atoms with Crippen LogP contribution in [0.5, 0.6) is 0 Å². The van der Waals surface area contributed by atoms with E-state index in [4.69, 9.17) is 11.6 Å². The highest BCUT2D eigenvalue weighted by molar-refractivity contribution is 7.89. The molecule has 9 nitrogen and oxygen atoms in total. The molecule has 4 aromatic rings. The van der Waals surface area contributed by atoms with E-state index in [2.05, 4.69) is 4.98 Å². The molecule has 0 saturated heterocycles. The number of nitro benzene ring substituents is 1. The third-order valence-electron chi connectivity index (χ3n) is 5.77. The summed E-state index contributed by atoms with van der Waals surface area (Å²) in [5.41, 5.74) is 1.03. The molecule has 0 N–H and O–H groups in total. The Kier molecular flexibility index (Phi) is 6.46. The van der Waals surface area contributed by atoms with Gasteiger partial charge in [-0.2, -0.15) is 4.31 Å². The first-order valence-electron chi connectivity index (χ1n) is 10.5. The van der Waals surface area contributed by atoms with Crippen LogP contribution < -0.4 is 5.56 Å². The molecule has 180 valence electrons. The SMILES string of the molecule is Cc1cccc(-n2c(C(C)N(C)S(=O)(=O)c3ccc(Cl)c([N+](=O)[O-])c3)nc3ccccc3c2=O)c1. The van der Waals surface area contributed by atoms with Crippen molar-refractivity contribution in [2.75, 3.05) is 7.05 Å². The number of aromatic nitrogens is 2. The Bertz CT molecular complexity index is 1640. The number of aryl methyl sites for hydroxylation is 1. The van der Waals surface area contributed by atoms with E-state index in [9.17, 15) is 23.3 Å². The Morgan fingerprint density at radius 2 is 1.80 bits per heavy atom. The van der Waals surface area contributed by atoms with Crippen LogP contribution in [0.1, 0.15) is 24.4 Å². The number of hydrogen-bond acceptors (Lipinski definition) is 6. The van der Waals surface area contributed by atoms with Crippen molar-refractivity contribution in [2.45, 2.75) is 24.8 Å². The molecule has 4 rings (SSSR count). The lowest BCUT2D eigenvalue weighted by Gasteiger charge is -2.26. The van der Waals surface area contributed by atoms with Gasteiger partial charge in [0.2, 0.25) is 10.0 Å². The second-order valence-corrected chi connectivity index (χ2v) is 10.4. The minimum atomic E-state index is -4.22. The van der Waals surface area contributed by atoms with Crippen molar-refractivity contribution in [3.8, 4) is 5.69 Å². The molecule has 0 saturated carbocycles. The zero-order valence-corrected chi connectivity index (χ0v) is 20.6. The summed E-state index contributed by atoms with van der Waals surface area (Å²) >= 11 is 5.86. The Labute approximate surface area is 206 Å². The number of hydrogen-bond donors (Lipinski definition) is 0. The smallest absolute Gasteiger partial charge is 0.268 e. The summed E-state index contributed by atoms with van der Waals surface area (Å²) in [7, 11) is -2.88. The molecule has 0 bridgehead atoms. The largest absolute Gasteiger partial charge is 0.289 e. The fourth-order valence-electron chi connectivity index (χ4n) is 3.78. The van der Waals surface area contributed by atoms with Crippen LogP contribution in [-0.2, 0) is 10.0 Å². The van der Waals surface area contributed by atoms with Gasteiger partial charge in [-0.05, 0) is 55.8 Å². The number of rotatable bonds is 6. The van der Waals surface area contributed by atoms with Crippen LogP contribution in [0.2, 0.25) is 5.02 Å². The van der Waals surface area contributed by atoms with E-state index in [1.54, 1.807) is 43.3 Å². The van der Waals surface area contributed by atoms with Crippen molar-refractivity contribution in [2.24, 2.45) is 0 Å². The van der Waals surface area contributed by atoms with Gasteiger partial charge in [-0.3, -0.25) is 19.5 Å². The van der Waals surface area contributed by atoms with Crippen LogP contribution in [0, 0.1) is 17.0 Å². The zero-order valence-electron chi connectivity index (χ0n) is 19.0. The standard InChI is InChI=1S/C24H21ClN4O5S/c1-15-7-6-8-17(13-15)28-23(26-21-10-5-4-9-19(21)24(28)30)16(2)27(3)35(33,34)18-11-12-20(25)22(14-18)29(31)32/h4-14,16H,1-3H3. The van der Waals surface area contributed by atoms with Gasteiger partial charge in [0.05, 0.1) is 32.5 Å². The maximum atomic E-state index is 13.5. The van der Waals surface area contributed by atoms with E-state index in [1.807, 2.05) is 19.1 Å². The lowest BCUT2D eigenvalue weighted by molar-refractivity contribution is -0.384. The molecule has 11 heteroatoms. The van der Waals surface area contributed by atoms with Crippen LogP contribution in [0.25, 0.3) is 16.6 Å². The van der Waals surface area contributed by atoms with Crippen molar-refractivity contribution >= 4 is 38.2 Å². The predicted octanol–water partition coefficient (Wildman–Crippen LogP) is 4.64. The van der Waals surface area contributed by atoms with Crippen LogP contribution in [0.4, 0.5) is 5.69 Å². The number of nitrogens with zero attached hydrogens (tertiary/aromatic N) is 4. The third-order valence-corrected chi connectivity index (χ3v) is 8.02. The summed E-state index contributed by atoms with van der Waals surface area (Å²) in [5.74, 6) is 0.203. The van der Waals surface area contributed by atoms with E-state index in [1.165, 1.54) is 23.7 Å². The first kappa shape index (κ1) is 24.5. The van der Waals surface area contributed by atoms with Gasteiger partial charge in [0.15, 0.2) is 0 Å². The minimum absolute atomic E-state index is 0.172. The molecule has 3 aromatic carbocycles. The van der Waals surface area contributed by atoms with Crippen LogP contribution >= 0.6 is 11.6 Å². The summed E-state index contributed by atoms with van der Waals surface area (Å²) in [6.45, 7) is 3.49. The van der Waals surface area contributed by atoms with Crippen molar-refractivity contribution in [1.29, 1.82) is 0 Å². The molecule has 1 unspecified atom stereocenters. The monoisotopic (exact) mass is 512 g/mol. The third kappa shape index (κ3) is 4.43. The Morgan fingerprint density at radius 3 is 2.49 bits per heavy atom. The van der Waals surface area contributed by atoms with E-state index < -0.39 is 26.7 Å². The van der Waals surface area contributed by atoms with Crippen LogP contribution in [-0.4, -0.2) is 34.2 Å². The van der Waals surface area contributed by atoms with Gasteiger partial charge in [0, 0.05) is 13.1 Å². The maximum Gasteiger partial charge on any atom is 0.289 e. The predicted molar refractivity (Wildman–Crippen MR) is 134 cm³/mol. The molecule has 0 fully saturated rings. The molecular formula is C24H21ClN4O5S. The average molecular weight is 513 g/mol. The fraction of sp³-hybridized carbons (Fsp3) is 0.167. The van der Waals surface area contributed by atoms with Gasteiger partial charge in [-0.25, -0.2) is 13.4 Å². The molecule has 35 heavy (non-hydrogen) atoms. The molecule has 0 aliphatic carbocycles. The van der Waals surface area contributed by atoms with Crippen molar-refractivity contribution in [3.63, 3.8) is 0 Å². The summed E-state index contributed by atoms with van der Waals surface area (Å²) in [6.07, 6.45) is 0. The molecule has 0 amide bonds. The Hall–Kier alpha value is -3.60. The number of nitro groups is 1. The lowest BCUT2D eigenvalue weighted by Crippen LogP contribution is -2.35. The highest BCUT2D eigenvalue weighted by Gasteiger charge is 2.31. The fourth-order valence-corrected chi connectivity index (χ4v) is 5.31. The molecular weight excluding hydrogens is 492 g/mol. The van der Waals surface area contributed by atoms with E-state index in [0.29, 0.717) is 16.6 Å². The van der Waals surface area contributed by atoms with Gasteiger partial charge in [0.25, 0.3) is 11.2 Å². The lowest BCUT2D eigenvalue weighted by atomic mass is 10.2. The summed E-state index contributed by atoms with van der Waals surface area (Å²) in [6, 6.07) is 16.5. The topological polar surface area (TPSA) is 115 Å². The Morgan fingerprint density at radius 1 is 1.09 bits per heavy atom. The first-order valence-corrected chi connectivity index (χ1v) is 12.3. The van der Waals surface area contributed by atoms with Gasteiger partial charge in [-0.15, -0.1) is 0 Å². The molecule has 1 aromatic heterocycles. The summed E-state index contributed by atoms with van der Waals surface area (Å²) in [5, 5.41) is 11.5. The maximum absolute atomic E-state index is 13.5. The summed E-state index contributed by atoms with van der Waals surface area (Å²) in [4.78, 5) is 28.4. The number of sulfonamides is 1. The molecule has 0 radical (unpaired) electrons.